The van der Waals surface area contributed by atoms with Crippen molar-refractivity contribution >= 4 is 18.0 Å². The fourth-order valence-electron chi connectivity index (χ4n) is 4.53. The van der Waals surface area contributed by atoms with Crippen LogP contribution in [-0.4, -0.2) is 71.8 Å². The van der Waals surface area contributed by atoms with Gasteiger partial charge in [-0.3, -0.25) is 14.4 Å². The minimum atomic E-state index is -0.315. The number of aromatic nitrogens is 5. The molecule has 2 N–H and O–H groups in total. The van der Waals surface area contributed by atoms with Crippen molar-refractivity contribution < 1.29 is 19.8 Å². The molecule has 0 aliphatic carbocycles. The van der Waals surface area contributed by atoms with E-state index < -0.39 is 0 Å². The summed E-state index contributed by atoms with van der Waals surface area (Å²) in [6, 6.07) is 10.1. The second-order valence-electron chi connectivity index (χ2n) is 7.28. The summed E-state index contributed by atoms with van der Waals surface area (Å²) in [5.74, 6) is -0.0538. The summed E-state index contributed by atoms with van der Waals surface area (Å²) in [4.78, 5) is 35.7. The molecule has 0 spiro atoms. The molecule has 30 heavy (non-hydrogen) atoms. The molecule has 11 heteroatoms. The van der Waals surface area contributed by atoms with E-state index in [0.29, 0.717) is 24.4 Å². The van der Waals surface area contributed by atoms with Crippen molar-refractivity contribution in [3.8, 4) is 0 Å². The number of hydrogen-bond donors (Lipinski definition) is 2. The number of pyridine rings is 2. The minimum Gasteiger partial charge on any atom is -0.483 e. The summed E-state index contributed by atoms with van der Waals surface area (Å²) >= 11 is 0. The predicted octanol–water partition coefficient (Wildman–Crippen LogP) is -0.220. The Morgan fingerprint density at radius 2 is 1.97 bits per heavy atom. The van der Waals surface area contributed by atoms with Crippen LogP contribution in [0.25, 0.3) is 5.65 Å². The number of nitrogens with zero attached hydrogens (tertiary/aromatic N) is 6. The van der Waals surface area contributed by atoms with Gasteiger partial charge in [-0.1, -0.05) is 12.1 Å². The van der Waals surface area contributed by atoms with Crippen molar-refractivity contribution in [2.45, 2.75) is 18.4 Å². The lowest BCUT2D eigenvalue weighted by molar-refractivity contribution is -0.122. The molecule has 0 saturated carbocycles. The van der Waals surface area contributed by atoms with Gasteiger partial charge < -0.3 is 19.7 Å². The van der Waals surface area contributed by atoms with Gasteiger partial charge in [-0.15, -0.1) is 5.10 Å². The standard InChI is InChI=1S/C18H18N6O3.CH2O2/c25-10-15-12-7-11(13-3-2-6-17(26)23(13)15)8-22(9-12)18(27)14-4-1-5-16-19-20-21-24(14)16;2-1-3/h1-6,11-12,15,25H,7-10H2;1H,(H,2,3)/t11-,12+,15+;/m1./s1. The lowest BCUT2D eigenvalue weighted by atomic mass is 9.78. The summed E-state index contributed by atoms with van der Waals surface area (Å²) in [5.41, 5.74) is 1.71. The lowest BCUT2D eigenvalue weighted by Gasteiger charge is -2.46. The second-order valence-corrected chi connectivity index (χ2v) is 7.28. The van der Waals surface area contributed by atoms with Gasteiger partial charge in [0.15, 0.2) is 5.65 Å². The highest BCUT2D eigenvalue weighted by Gasteiger charge is 2.41. The van der Waals surface area contributed by atoms with Crippen molar-refractivity contribution in [2.24, 2.45) is 5.92 Å². The maximum absolute atomic E-state index is 13.2. The van der Waals surface area contributed by atoms with Gasteiger partial charge in [0.05, 0.1) is 12.6 Å². The first-order valence-corrected chi connectivity index (χ1v) is 9.45. The van der Waals surface area contributed by atoms with Crippen LogP contribution in [0.3, 0.4) is 0 Å². The minimum absolute atomic E-state index is 0.0263. The Morgan fingerprint density at radius 1 is 1.20 bits per heavy atom. The molecule has 3 atom stereocenters. The van der Waals surface area contributed by atoms with Crippen LogP contribution in [-0.2, 0) is 4.79 Å². The summed E-state index contributed by atoms with van der Waals surface area (Å²) < 4.78 is 3.15. The first kappa shape index (κ1) is 19.7. The fraction of sp³-hybridized carbons (Fsp3) is 0.368. The van der Waals surface area contributed by atoms with E-state index in [1.807, 2.05) is 6.07 Å². The molecule has 5 rings (SSSR count). The van der Waals surface area contributed by atoms with Crippen molar-refractivity contribution in [2.75, 3.05) is 19.7 Å². The third-order valence-electron chi connectivity index (χ3n) is 5.71. The quantitative estimate of drug-likeness (QED) is 0.550. The summed E-state index contributed by atoms with van der Waals surface area (Å²) in [7, 11) is 0. The molecule has 156 valence electrons. The van der Waals surface area contributed by atoms with Crippen LogP contribution >= 0.6 is 0 Å². The smallest absolute Gasteiger partial charge is 0.290 e. The van der Waals surface area contributed by atoms with Gasteiger partial charge in [0.1, 0.15) is 5.69 Å². The van der Waals surface area contributed by atoms with E-state index in [9.17, 15) is 14.7 Å². The average molecular weight is 412 g/mol. The van der Waals surface area contributed by atoms with Crippen molar-refractivity contribution in [3.63, 3.8) is 0 Å². The van der Waals surface area contributed by atoms with Gasteiger partial charge in [0.2, 0.25) is 0 Å². The molecular formula is C19H20N6O5. The zero-order valence-corrected chi connectivity index (χ0v) is 15.9. The molecule has 0 unspecified atom stereocenters. The monoisotopic (exact) mass is 412 g/mol. The fourth-order valence-corrected chi connectivity index (χ4v) is 4.53. The van der Waals surface area contributed by atoms with E-state index >= 15 is 0 Å². The second kappa shape index (κ2) is 8.03. The van der Waals surface area contributed by atoms with Crippen LogP contribution in [0.5, 0.6) is 0 Å². The number of hydrogen-bond acceptors (Lipinski definition) is 7. The van der Waals surface area contributed by atoms with Gasteiger partial charge in [0.25, 0.3) is 17.9 Å². The van der Waals surface area contributed by atoms with Crippen molar-refractivity contribution in [1.29, 1.82) is 0 Å². The molecule has 2 aliphatic rings. The van der Waals surface area contributed by atoms with Crippen molar-refractivity contribution in [3.05, 3.63) is 58.1 Å². The SMILES string of the molecule is O=C(c1cccc2nnnn12)N1C[C@H]2C[C@@H](C1)[C@H](CO)n1c2cccc1=O.O=CO. The molecule has 5 heterocycles. The molecule has 2 aliphatic heterocycles. The highest BCUT2D eigenvalue weighted by atomic mass is 16.3. The molecule has 1 saturated heterocycles. The Morgan fingerprint density at radius 3 is 2.73 bits per heavy atom. The lowest BCUT2D eigenvalue weighted by Crippen LogP contribution is -2.52. The Kier molecular flexibility index (Phi) is 5.27. The first-order chi connectivity index (χ1) is 14.6. The molecular weight excluding hydrogens is 392 g/mol. The van der Waals surface area contributed by atoms with E-state index in [1.165, 1.54) is 10.6 Å². The number of fused-ring (bicyclic) bond motifs is 5. The number of tetrazole rings is 1. The molecule has 1 amide bonds. The largest absolute Gasteiger partial charge is 0.483 e. The molecule has 3 aromatic heterocycles. The van der Waals surface area contributed by atoms with E-state index in [4.69, 9.17) is 9.90 Å². The van der Waals surface area contributed by atoms with Crippen LogP contribution < -0.4 is 5.56 Å². The van der Waals surface area contributed by atoms with Gasteiger partial charge in [-0.25, -0.2) is 0 Å². The number of likely N-dealkylation sites (tertiary alicyclic amines) is 1. The zero-order chi connectivity index (χ0) is 21.3. The third-order valence-corrected chi connectivity index (χ3v) is 5.71. The molecule has 3 aromatic rings. The Bertz CT molecular complexity index is 1140. The highest BCUT2D eigenvalue weighted by molar-refractivity contribution is 5.93. The van der Waals surface area contributed by atoms with Crippen molar-refractivity contribution in [1.82, 2.24) is 29.5 Å². The number of rotatable bonds is 2. The van der Waals surface area contributed by atoms with Crippen LogP contribution in [0.4, 0.5) is 0 Å². The van der Waals surface area contributed by atoms with E-state index in [0.717, 1.165) is 12.1 Å². The maximum Gasteiger partial charge on any atom is 0.290 e. The Balaban J connectivity index is 0.000000687. The van der Waals surface area contributed by atoms with Gasteiger partial charge in [-0.05, 0) is 35.0 Å². The number of piperidine rings is 1. The predicted molar refractivity (Wildman–Crippen MR) is 103 cm³/mol. The zero-order valence-electron chi connectivity index (χ0n) is 15.9. The molecule has 0 radical (unpaired) electrons. The Hall–Kier alpha value is -3.60. The Labute approximate surface area is 170 Å². The number of aliphatic hydroxyl groups excluding tert-OH is 1. The molecule has 11 nitrogen and oxygen atoms in total. The van der Waals surface area contributed by atoms with E-state index in [-0.39, 0.29) is 42.4 Å². The van der Waals surface area contributed by atoms with Gasteiger partial charge >= 0.3 is 0 Å². The van der Waals surface area contributed by atoms with Crippen LogP contribution in [0, 0.1) is 5.92 Å². The normalized spacial score (nSPS) is 22.0. The summed E-state index contributed by atoms with van der Waals surface area (Å²) in [6.45, 7) is 0.633. The van der Waals surface area contributed by atoms with Gasteiger partial charge in [-0.2, -0.15) is 4.52 Å². The number of carbonyl (C=O) groups is 2. The third kappa shape index (κ3) is 3.22. The number of amides is 1. The molecule has 2 bridgehead atoms. The number of carboxylic acid groups (broad SMARTS) is 1. The number of aliphatic hydroxyl groups is 1. The maximum atomic E-state index is 13.2. The van der Waals surface area contributed by atoms with Crippen LogP contribution in [0.1, 0.15) is 34.6 Å². The molecule has 1 fully saturated rings. The number of carbonyl (C=O) groups excluding carboxylic acids is 1. The molecule has 0 aromatic carbocycles. The van der Waals surface area contributed by atoms with Crippen LogP contribution in [0.2, 0.25) is 0 Å². The van der Waals surface area contributed by atoms with Gasteiger partial charge in [0, 0.05) is 36.7 Å². The van der Waals surface area contributed by atoms with E-state index in [2.05, 4.69) is 15.5 Å². The van der Waals surface area contributed by atoms with E-state index in [1.54, 1.807) is 33.7 Å². The topological polar surface area (TPSA) is 143 Å². The van der Waals surface area contributed by atoms with Crippen LogP contribution in [0.15, 0.2) is 41.2 Å². The first-order valence-electron chi connectivity index (χ1n) is 9.45. The summed E-state index contributed by atoms with van der Waals surface area (Å²) in [6.07, 6.45) is 0.855. The highest BCUT2D eigenvalue weighted by Crippen LogP contribution is 2.41. The average Bonchev–Trinajstić information content (AvgIpc) is 3.24. The summed E-state index contributed by atoms with van der Waals surface area (Å²) in [5, 5.41) is 28.3.